The van der Waals surface area contributed by atoms with E-state index < -0.39 is 5.97 Å². The number of aromatic nitrogens is 3. The van der Waals surface area contributed by atoms with Gasteiger partial charge >= 0.3 is 5.97 Å². The van der Waals surface area contributed by atoms with Crippen LogP contribution in [-0.2, 0) is 4.74 Å². The third kappa shape index (κ3) is 1.45. The van der Waals surface area contributed by atoms with Crippen LogP contribution in [0.15, 0.2) is 18.5 Å². The molecule has 0 aliphatic rings. The van der Waals surface area contributed by atoms with Crippen molar-refractivity contribution < 1.29 is 14.6 Å². The molecule has 0 aliphatic heterocycles. The summed E-state index contributed by atoms with van der Waals surface area (Å²) in [4.78, 5) is 15.0. The average molecular weight is 205 g/mol. The number of esters is 1. The summed E-state index contributed by atoms with van der Waals surface area (Å²) in [5, 5.41) is 17.6. The molecule has 2 heterocycles. The lowest BCUT2D eigenvalue weighted by Crippen LogP contribution is -2.05. The maximum atomic E-state index is 11.2. The Morgan fingerprint density at radius 2 is 2.33 bits per heavy atom. The normalized spacial score (nSPS) is 10.2. The Morgan fingerprint density at radius 1 is 1.53 bits per heavy atom. The van der Waals surface area contributed by atoms with Crippen LogP contribution in [0.4, 0.5) is 0 Å². The van der Waals surface area contributed by atoms with E-state index in [1.807, 2.05) is 0 Å². The van der Waals surface area contributed by atoms with Crippen LogP contribution in [-0.4, -0.2) is 33.4 Å². The highest BCUT2D eigenvalue weighted by Gasteiger charge is 2.16. The fourth-order valence-electron chi connectivity index (χ4n) is 1.18. The number of fused-ring (bicyclic) bond motifs is 1. The second kappa shape index (κ2) is 3.49. The SMILES string of the molecule is COC(=O)c1ncc2ccnnc2c1O. The predicted molar refractivity (Wildman–Crippen MR) is 50.3 cm³/mol. The molecule has 0 fully saturated rings. The zero-order chi connectivity index (χ0) is 10.8. The number of hydrogen-bond acceptors (Lipinski definition) is 6. The fourth-order valence-corrected chi connectivity index (χ4v) is 1.18. The summed E-state index contributed by atoms with van der Waals surface area (Å²) < 4.78 is 4.46. The van der Waals surface area contributed by atoms with Crippen LogP contribution >= 0.6 is 0 Å². The van der Waals surface area contributed by atoms with Gasteiger partial charge in [-0.25, -0.2) is 9.78 Å². The summed E-state index contributed by atoms with van der Waals surface area (Å²) in [5.74, 6) is -1.02. The van der Waals surface area contributed by atoms with Crippen molar-refractivity contribution in [1.82, 2.24) is 15.2 Å². The van der Waals surface area contributed by atoms with Crippen molar-refractivity contribution in [3.05, 3.63) is 24.2 Å². The molecule has 0 atom stereocenters. The lowest BCUT2D eigenvalue weighted by Gasteiger charge is -2.03. The molecule has 2 aromatic rings. The van der Waals surface area contributed by atoms with Crippen LogP contribution in [0.2, 0.25) is 0 Å². The Bertz CT molecular complexity index is 527. The average Bonchev–Trinajstić information content (AvgIpc) is 2.29. The van der Waals surface area contributed by atoms with Crippen molar-refractivity contribution in [2.45, 2.75) is 0 Å². The molecule has 1 N–H and O–H groups in total. The van der Waals surface area contributed by atoms with Crippen LogP contribution in [0, 0.1) is 0 Å². The number of pyridine rings is 1. The summed E-state index contributed by atoms with van der Waals surface area (Å²) >= 11 is 0. The van der Waals surface area contributed by atoms with E-state index in [0.717, 1.165) is 0 Å². The summed E-state index contributed by atoms with van der Waals surface area (Å²) in [7, 11) is 1.21. The zero-order valence-electron chi connectivity index (χ0n) is 7.84. The molecular weight excluding hydrogens is 198 g/mol. The van der Waals surface area contributed by atoms with E-state index in [1.165, 1.54) is 19.5 Å². The highest BCUT2D eigenvalue weighted by Crippen LogP contribution is 2.24. The van der Waals surface area contributed by atoms with E-state index in [-0.39, 0.29) is 17.0 Å². The third-order valence-corrected chi connectivity index (χ3v) is 1.91. The van der Waals surface area contributed by atoms with Crippen molar-refractivity contribution in [1.29, 1.82) is 0 Å². The molecule has 0 unspecified atom stereocenters. The second-order valence-corrected chi connectivity index (χ2v) is 2.78. The summed E-state index contributed by atoms with van der Waals surface area (Å²) in [6, 6.07) is 1.64. The molecule has 0 saturated carbocycles. The first-order valence-electron chi connectivity index (χ1n) is 4.11. The first-order chi connectivity index (χ1) is 7.24. The van der Waals surface area contributed by atoms with E-state index in [0.29, 0.717) is 5.39 Å². The van der Waals surface area contributed by atoms with Gasteiger partial charge in [0.15, 0.2) is 11.4 Å². The molecule has 2 rings (SSSR count). The van der Waals surface area contributed by atoms with Gasteiger partial charge in [0.1, 0.15) is 5.52 Å². The second-order valence-electron chi connectivity index (χ2n) is 2.78. The van der Waals surface area contributed by atoms with Crippen molar-refractivity contribution in [3.8, 4) is 5.75 Å². The van der Waals surface area contributed by atoms with Gasteiger partial charge in [0, 0.05) is 11.6 Å². The fraction of sp³-hybridized carbons (Fsp3) is 0.111. The number of hydrogen-bond donors (Lipinski definition) is 1. The van der Waals surface area contributed by atoms with E-state index in [9.17, 15) is 9.90 Å². The van der Waals surface area contributed by atoms with Crippen molar-refractivity contribution >= 4 is 16.9 Å². The van der Waals surface area contributed by atoms with Crippen LogP contribution < -0.4 is 0 Å². The topological polar surface area (TPSA) is 85.2 Å². The maximum absolute atomic E-state index is 11.2. The molecule has 6 nitrogen and oxygen atoms in total. The van der Waals surface area contributed by atoms with E-state index in [2.05, 4.69) is 19.9 Å². The minimum absolute atomic E-state index is 0.162. The molecule has 0 aromatic carbocycles. The first-order valence-corrected chi connectivity index (χ1v) is 4.11. The van der Waals surface area contributed by atoms with Gasteiger partial charge in [0.2, 0.25) is 0 Å². The van der Waals surface area contributed by atoms with Crippen molar-refractivity contribution in [2.24, 2.45) is 0 Å². The van der Waals surface area contributed by atoms with Gasteiger partial charge in [0.05, 0.1) is 13.3 Å². The van der Waals surface area contributed by atoms with Crippen LogP contribution in [0.5, 0.6) is 5.75 Å². The lowest BCUT2D eigenvalue weighted by atomic mass is 10.2. The van der Waals surface area contributed by atoms with Gasteiger partial charge in [-0.2, -0.15) is 5.10 Å². The third-order valence-electron chi connectivity index (χ3n) is 1.91. The molecule has 0 saturated heterocycles. The van der Waals surface area contributed by atoms with E-state index >= 15 is 0 Å². The quantitative estimate of drug-likeness (QED) is 0.683. The van der Waals surface area contributed by atoms with Crippen LogP contribution in [0.3, 0.4) is 0 Å². The van der Waals surface area contributed by atoms with Crippen LogP contribution in [0.1, 0.15) is 10.5 Å². The number of nitrogens with zero attached hydrogens (tertiary/aromatic N) is 3. The van der Waals surface area contributed by atoms with Crippen LogP contribution in [0.25, 0.3) is 10.9 Å². The Kier molecular flexibility index (Phi) is 2.17. The maximum Gasteiger partial charge on any atom is 0.360 e. The van der Waals surface area contributed by atoms with Gasteiger partial charge < -0.3 is 9.84 Å². The molecule has 0 bridgehead atoms. The molecule has 0 aliphatic carbocycles. The van der Waals surface area contributed by atoms with Crippen molar-refractivity contribution in [3.63, 3.8) is 0 Å². The van der Waals surface area contributed by atoms with E-state index in [4.69, 9.17) is 0 Å². The molecule has 15 heavy (non-hydrogen) atoms. The molecule has 0 radical (unpaired) electrons. The van der Waals surface area contributed by atoms with Gasteiger partial charge in [-0.3, -0.25) is 0 Å². The predicted octanol–water partition coefficient (Wildman–Crippen LogP) is 0.517. The zero-order valence-corrected chi connectivity index (χ0v) is 7.84. The Labute approximate surface area is 84.5 Å². The lowest BCUT2D eigenvalue weighted by molar-refractivity contribution is 0.0591. The highest BCUT2D eigenvalue weighted by molar-refractivity contribution is 5.96. The molecule has 6 heteroatoms. The Hall–Kier alpha value is -2.24. The monoisotopic (exact) mass is 205 g/mol. The molecule has 0 amide bonds. The number of carbonyl (C=O) groups is 1. The minimum Gasteiger partial charge on any atom is -0.504 e. The molecule has 76 valence electrons. The number of methoxy groups -OCH3 is 1. The summed E-state index contributed by atoms with van der Waals surface area (Å²) in [5.41, 5.74) is 0.0680. The molecular formula is C9H7N3O3. The molecule has 0 spiro atoms. The smallest absolute Gasteiger partial charge is 0.360 e. The minimum atomic E-state index is -0.708. The van der Waals surface area contributed by atoms with Gasteiger partial charge in [0.25, 0.3) is 0 Å². The standard InChI is InChI=1S/C9H7N3O3/c1-15-9(14)7-8(13)6-5(4-10-7)2-3-11-12-6/h2-4,13H,1H3. The summed E-state index contributed by atoms with van der Waals surface area (Å²) in [6.07, 6.45) is 2.90. The Morgan fingerprint density at radius 3 is 3.07 bits per heavy atom. The highest BCUT2D eigenvalue weighted by atomic mass is 16.5. The first kappa shape index (κ1) is 9.32. The van der Waals surface area contributed by atoms with E-state index in [1.54, 1.807) is 6.07 Å². The molecule has 2 aromatic heterocycles. The van der Waals surface area contributed by atoms with Gasteiger partial charge in [-0.15, -0.1) is 5.10 Å². The number of carbonyl (C=O) groups excluding carboxylic acids is 1. The van der Waals surface area contributed by atoms with Gasteiger partial charge in [-0.05, 0) is 6.07 Å². The Balaban J connectivity index is 2.70. The van der Waals surface area contributed by atoms with Gasteiger partial charge in [-0.1, -0.05) is 0 Å². The van der Waals surface area contributed by atoms with Crippen molar-refractivity contribution in [2.75, 3.05) is 7.11 Å². The largest absolute Gasteiger partial charge is 0.504 e. The number of rotatable bonds is 1. The number of aromatic hydroxyl groups is 1. The number of ether oxygens (including phenoxy) is 1. The summed E-state index contributed by atoms with van der Waals surface area (Å²) in [6.45, 7) is 0.